The van der Waals surface area contributed by atoms with Crippen LogP contribution in [0.5, 0.6) is 0 Å². The van der Waals surface area contributed by atoms with Crippen molar-refractivity contribution in [3.8, 4) is 0 Å². The number of oxazole rings is 1. The van der Waals surface area contributed by atoms with Gasteiger partial charge >= 0.3 is 0 Å². The predicted octanol–water partition coefficient (Wildman–Crippen LogP) is 4.22. The summed E-state index contributed by atoms with van der Waals surface area (Å²) >= 11 is 0. The van der Waals surface area contributed by atoms with Crippen LogP contribution in [0.1, 0.15) is 53.8 Å². The van der Waals surface area contributed by atoms with Crippen molar-refractivity contribution in [2.75, 3.05) is 6.54 Å². The van der Waals surface area contributed by atoms with Gasteiger partial charge < -0.3 is 14.6 Å². The minimum Gasteiger partial charge on any atom is -0.448 e. The van der Waals surface area contributed by atoms with Gasteiger partial charge in [0.15, 0.2) is 0 Å². The highest BCUT2D eigenvalue weighted by Gasteiger charge is 2.41. The highest BCUT2D eigenvalue weighted by molar-refractivity contribution is 5.89. The number of carbonyl (C=O) groups excluding carboxylic acids is 2. The van der Waals surface area contributed by atoms with E-state index in [9.17, 15) is 22.8 Å². The van der Waals surface area contributed by atoms with Crippen molar-refractivity contribution in [3.63, 3.8) is 0 Å². The van der Waals surface area contributed by atoms with E-state index in [-0.39, 0.29) is 42.3 Å². The molecular weight excluding hydrogens is 459 g/mol. The molecule has 1 aromatic heterocycles. The Labute approximate surface area is 200 Å². The fourth-order valence-electron chi connectivity index (χ4n) is 4.66. The molecule has 0 radical (unpaired) electrons. The van der Waals surface area contributed by atoms with Crippen LogP contribution in [-0.2, 0) is 16.0 Å². The Morgan fingerprint density at radius 3 is 2.46 bits per heavy atom. The van der Waals surface area contributed by atoms with Gasteiger partial charge in [0.25, 0.3) is 0 Å². The van der Waals surface area contributed by atoms with E-state index in [1.54, 1.807) is 30.3 Å². The number of amides is 2. The summed E-state index contributed by atoms with van der Waals surface area (Å²) in [7, 11) is 0. The predicted molar refractivity (Wildman–Crippen MR) is 120 cm³/mol. The molecule has 1 aliphatic heterocycles. The Balaban J connectivity index is 1.41. The minimum atomic E-state index is -1.37. The van der Waals surface area contributed by atoms with Gasteiger partial charge in [-0.2, -0.15) is 0 Å². The number of hydrogen-bond acceptors (Lipinski definition) is 4. The van der Waals surface area contributed by atoms with Gasteiger partial charge in [-0.25, -0.2) is 18.2 Å². The molecule has 9 heteroatoms. The second-order valence-corrected chi connectivity index (χ2v) is 9.02. The Hall–Kier alpha value is -3.62. The van der Waals surface area contributed by atoms with Gasteiger partial charge in [-0.1, -0.05) is 30.3 Å². The first-order valence-corrected chi connectivity index (χ1v) is 11.6. The average molecular weight is 483 g/mol. The zero-order valence-corrected chi connectivity index (χ0v) is 18.8. The molecule has 2 aromatic carbocycles. The standard InChI is InChI=1S/C26H24F3N3O3/c27-18-12-21(32(14-18)23(33)13-22-30-8-9-35-22)26(34)31-25(16-4-2-1-3-5-16)17-10-19(28)24(15-6-7-15)20(29)11-17/h1-5,8-11,15,18,21,25H,6-7,12-14H2,(H,31,34)/t18-,21+,25+/m1/s1. The molecule has 1 saturated carbocycles. The van der Waals surface area contributed by atoms with E-state index in [2.05, 4.69) is 10.3 Å². The van der Waals surface area contributed by atoms with E-state index in [1.165, 1.54) is 29.5 Å². The SMILES string of the molecule is O=C(N[C@@H](c1ccccc1)c1cc(F)c(C2CC2)c(F)c1)[C@@H]1C[C@@H](F)CN1C(=O)Cc1ncco1. The summed E-state index contributed by atoms with van der Waals surface area (Å²) in [6, 6.07) is 9.27. The highest BCUT2D eigenvalue weighted by atomic mass is 19.1. The fraction of sp³-hybridized carbons (Fsp3) is 0.346. The van der Waals surface area contributed by atoms with E-state index in [4.69, 9.17) is 4.42 Å². The number of alkyl halides is 1. The molecule has 1 saturated heterocycles. The molecule has 2 aliphatic rings. The Kier molecular flexibility index (Phi) is 6.32. The Morgan fingerprint density at radius 1 is 1.11 bits per heavy atom. The van der Waals surface area contributed by atoms with E-state index >= 15 is 0 Å². The maximum Gasteiger partial charge on any atom is 0.243 e. The summed E-state index contributed by atoms with van der Waals surface area (Å²) in [6.45, 7) is -0.229. The molecule has 5 rings (SSSR count). The monoisotopic (exact) mass is 483 g/mol. The lowest BCUT2D eigenvalue weighted by molar-refractivity contribution is -0.138. The minimum absolute atomic E-state index is 0.0752. The maximum atomic E-state index is 14.8. The number of likely N-dealkylation sites (tertiary alicyclic amines) is 1. The van der Waals surface area contributed by atoms with Crippen molar-refractivity contribution in [1.82, 2.24) is 15.2 Å². The summed E-state index contributed by atoms with van der Waals surface area (Å²) in [5, 5.41) is 2.80. The molecule has 0 bridgehead atoms. The highest BCUT2D eigenvalue weighted by Crippen LogP contribution is 2.43. The largest absolute Gasteiger partial charge is 0.448 e. The van der Waals surface area contributed by atoms with Crippen LogP contribution in [0.25, 0.3) is 0 Å². The van der Waals surface area contributed by atoms with Gasteiger partial charge in [0.1, 0.15) is 36.5 Å². The van der Waals surface area contributed by atoms with Gasteiger partial charge in [0.2, 0.25) is 17.7 Å². The smallest absolute Gasteiger partial charge is 0.243 e. The molecule has 0 spiro atoms. The second-order valence-electron chi connectivity index (χ2n) is 9.02. The van der Waals surface area contributed by atoms with Crippen molar-refractivity contribution >= 4 is 11.8 Å². The van der Waals surface area contributed by atoms with Gasteiger partial charge in [-0.15, -0.1) is 0 Å². The third kappa shape index (κ3) is 4.94. The van der Waals surface area contributed by atoms with Crippen LogP contribution in [0.15, 0.2) is 59.3 Å². The van der Waals surface area contributed by atoms with Crippen molar-refractivity contribution in [3.05, 3.63) is 89.1 Å². The summed E-state index contributed by atoms with van der Waals surface area (Å²) in [5.41, 5.74) is 0.911. The maximum absolute atomic E-state index is 14.8. The Morgan fingerprint density at radius 2 is 1.83 bits per heavy atom. The van der Waals surface area contributed by atoms with Crippen LogP contribution in [0, 0.1) is 11.6 Å². The number of halogens is 3. The first-order valence-electron chi connectivity index (χ1n) is 11.6. The summed E-state index contributed by atoms with van der Waals surface area (Å²) < 4.78 is 49.1. The molecule has 3 aromatic rings. The van der Waals surface area contributed by atoms with Crippen molar-refractivity contribution in [1.29, 1.82) is 0 Å². The van der Waals surface area contributed by atoms with Crippen molar-refractivity contribution in [2.45, 2.75) is 49.9 Å². The third-order valence-electron chi connectivity index (χ3n) is 6.50. The van der Waals surface area contributed by atoms with E-state index in [0.717, 1.165) is 12.8 Å². The number of hydrogen-bond donors (Lipinski definition) is 1. The van der Waals surface area contributed by atoms with Crippen LogP contribution < -0.4 is 5.32 Å². The lowest BCUT2D eigenvalue weighted by Gasteiger charge is -2.27. The molecule has 6 nitrogen and oxygen atoms in total. The van der Waals surface area contributed by atoms with Gasteiger partial charge in [0, 0.05) is 12.0 Å². The fourth-order valence-corrected chi connectivity index (χ4v) is 4.66. The van der Waals surface area contributed by atoms with Crippen LogP contribution in [0.3, 0.4) is 0 Å². The Bertz CT molecular complexity index is 1190. The summed E-state index contributed by atoms with van der Waals surface area (Å²) in [5.74, 6) is -2.34. The number of nitrogens with one attached hydrogen (secondary N) is 1. The van der Waals surface area contributed by atoms with Crippen LogP contribution in [0.2, 0.25) is 0 Å². The molecule has 2 amide bonds. The van der Waals surface area contributed by atoms with Crippen molar-refractivity contribution in [2.24, 2.45) is 0 Å². The quantitative estimate of drug-likeness (QED) is 0.546. The van der Waals surface area contributed by atoms with E-state index < -0.39 is 41.7 Å². The molecule has 182 valence electrons. The molecule has 1 aliphatic carbocycles. The first-order chi connectivity index (χ1) is 16.9. The zero-order valence-electron chi connectivity index (χ0n) is 18.8. The molecule has 3 atom stereocenters. The van der Waals surface area contributed by atoms with Crippen LogP contribution >= 0.6 is 0 Å². The lowest BCUT2D eigenvalue weighted by atomic mass is 9.95. The topological polar surface area (TPSA) is 75.4 Å². The molecule has 35 heavy (non-hydrogen) atoms. The number of aromatic nitrogens is 1. The number of rotatable bonds is 7. The first kappa shape index (κ1) is 23.1. The van der Waals surface area contributed by atoms with Gasteiger partial charge in [0.05, 0.1) is 18.8 Å². The van der Waals surface area contributed by atoms with E-state index in [0.29, 0.717) is 5.56 Å². The van der Waals surface area contributed by atoms with Crippen molar-refractivity contribution < 1.29 is 27.2 Å². The van der Waals surface area contributed by atoms with E-state index in [1.807, 2.05) is 0 Å². The lowest BCUT2D eigenvalue weighted by Crippen LogP contribution is -2.47. The molecule has 2 heterocycles. The average Bonchev–Trinajstić information content (AvgIpc) is 3.37. The molecule has 0 unspecified atom stereocenters. The van der Waals surface area contributed by atoms with Gasteiger partial charge in [-0.3, -0.25) is 9.59 Å². The number of carbonyl (C=O) groups is 2. The number of benzene rings is 2. The third-order valence-corrected chi connectivity index (χ3v) is 6.50. The molecule has 1 N–H and O–H groups in total. The van der Waals surface area contributed by atoms with Crippen LogP contribution in [0.4, 0.5) is 13.2 Å². The zero-order chi connectivity index (χ0) is 24.5. The van der Waals surface area contributed by atoms with Gasteiger partial charge in [-0.05, 0) is 42.0 Å². The summed E-state index contributed by atoms with van der Waals surface area (Å²) in [4.78, 5) is 31.2. The molecule has 2 fully saturated rings. The normalized spacial score (nSPS) is 20.6. The number of nitrogens with zero attached hydrogens (tertiary/aromatic N) is 2. The van der Waals surface area contributed by atoms with Crippen LogP contribution in [-0.4, -0.2) is 40.5 Å². The second kappa shape index (κ2) is 9.56. The molecular formula is C26H24F3N3O3. The summed E-state index contributed by atoms with van der Waals surface area (Å²) in [6.07, 6.45) is 2.46.